The van der Waals surface area contributed by atoms with Gasteiger partial charge in [0.05, 0.1) is 0 Å². The number of aldehydes is 1. The molecule has 0 unspecified atom stereocenters. The summed E-state index contributed by atoms with van der Waals surface area (Å²) in [6.07, 6.45) is 0.809. The van der Waals surface area contributed by atoms with Crippen LogP contribution in [0.5, 0.6) is 5.75 Å². The molecule has 3 heteroatoms. The van der Waals surface area contributed by atoms with Crippen molar-refractivity contribution < 1.29 is 14.3 Å². The average molecular weight is 266 g/mol. The summed E-state index contributed by atoms with van der Waals surface area (Å²) in [5.74, 6) is 0.0411. The second-order valence-electron chi connectivity index (χ2n) is 4.43. The lowest BCUT2D eigenvalue weighted by Gasteiger charge is -2.06. The zero-order valence-corrected chi connectivity index (χ0v) is 11.1. The lowest BCUT2D eigenvalue weighted by Crippen LogP contribution is -2.07. The van der Waals surface area contributed by atoms with Crippen molar-refractivity contribution in [1.29, 1.82) is 0 Å². The molecule has 3 nitrogen and oxygen atoms in total. The molecule has 0 aliphatic carbocycles. The Balaban J connectivity index is 2.16. The van der Waals surface area contributed by atoms with Gasteiger partial charge < -0.3 is 4.74 Å². The molecule has 0 saturated heterocycles. The molecule has 0 spiro atoms. The number of hydrogen-bond donors (Lipinski definition) is 0. The Morgan fingerprint density at radius 3 is 1.95 bits per heavy atom. The van der Waals surface area contributed by atoms with E-state index in [1.807, 2.05) is 24.3 Å². The van der Waals surface area contributed by atoms with Gasteiger partial charge in [-0.3, -0.25) is 4.79 Å². The summed E-state index contributed by atoms with van der Waals surface area (Å²) in [5.41, 5.74) is 2.98. The summed E-state index contributed by atoms with van der Waals surface area (Å²) >= 11 is 0. The van der Waals surface area contributed by atoms with E-state index in [-0.39, 0.29) is 0 Å². The SMILES string of the molecule is C=C(C)C(=O)Oc1ccc(-c2ccc(C=O)cc2)cc1. The normalized spacial score (nSPS) is 9.85. The van der Waals surface area contributed by atoms with Gasteiger partial charge in [0.2, 0.25) is 0 Å². The Labute approximate surface area is 117 Å². The number of rotatable bonds is 4. The maximum Gasteiger partial charge on any atom is 0.338 e. The molecule has 0 fully saturated rings. The Kier molecular flexibility index (Phi) is 4.11. The first-order valence-electron chi connectivity index (χ1n) is 6.13. The van der Waals surface area contributed by atoms with Gasteiger partial charge >= 0.3 is 5.97 Å². The Morgan fingerprint density at radius 1 is 1.00 bits per heavy atom. The molecule has 0 atom stereocenters. The van der Waals surface area contributed by atoms with Crippen molar-refractivity contribution in [3.05, 3.63) is 66.2 Å². The smallest absolute Gasteiger partial charge is 0.338 e. The number of carbonyl (C=O) groups is 2. The fourth-order valence-electron chi connectivity index (χ4n) is 1.66. The minimum atomic E-state index is -0.437. The van der Waals surface area contributed by atoms with E-state index in [1.165, 1.54) is 0 Å². The molecule has 2 rings (SSSR count). The van der Waals surface area contributed by atoms with Gasteiger partial charge in [-0.15, -0.1) is 0 Å². The minimum Gasteiger partial charge on any atom is -0.423 e. The third kappa shape index (κ3) is 3.20. The van der Waals surface area contributed by atoms with Crippen molar-refractivity contribution in [3.8, 4) is 16.9 Å². The summed E-state index contributed by atoms with van der Waals surface area (Å²) in [4.78, 5) is 22.0. The zero-order chi connectivity index (χ0) is 14.5. The molecule has 0 saturated carbocycles. The monoisotopic (exact) mass is 266 g/mol. The van der Waals surface area contributed by atoms with Gasteiger partial charge in [0.15, 0.2) is 0 Å². The van der Waals surface area contributed by atoms with Crippen molar-refractivity contribution in [2.75, 3.05) is 0 Å². The lowest BCUT2D eigenvalue weighted by atomic mass is 10.0. The summed E-state index contributed by atoms with van der Waals surface area (Å²) in [6, 6.07) is 14.4. The van der Waals surface area contributed by atoms with Crippen LogP contribution in [0.25, 0.3) is 11.1 Å². The number of carbonyl (C=O) groups excluding carboxylic acids is 2. The fourth-order valence-corrected chi connectivity index (χ4v) is 1.66. The van der Waals surface area contributed by atoms with Crippen LogP contribution in [0.2, 0.25) is 0 Å². The molecule has 2 aromatic carbocycles. The van der Waals surface area contributed by atoms with Gasteiger partial charge in [-0.2, -0.15) is 0 Å². The first-order chi connectivity index (χ1) is 9.60. The van der Waals surface area contributed by atoms with Gasteiger partial charge in [0, 0.05) is 11.1 Å². The maximum absolute atomic E-state index is 11.4. The van der Waals surface area contributed by atoms with Crippen molar-refractivity contribution >= 4 is 12.3 Å². The molecule has 0 aromatic heterocycles. The van der Waals surface area contributed by atoms with Crippen LogP contribution < -0.4 is 4.74 Å². The molecule has 0 radical (unpaired) electrons. The molecule has 0 N–H and O–H groups in total. The standard InChI is InChI=1S/C17H14O3/c1-12(2)17(19)20-16-9-7-15(8-10-16)14-5-3-13(11-18)4-6-14/h3-11H,1H2,2H3. The molecule has 100 valence electrons. The van der Waals surface area contributed by atoms with Crippen LogP contribution in [0.15, 0.2) is 60.7 Å². The number of ether oxygens (including phenoxy) is 1. The topological polar surface area (TPSA) is 43.4 Å². The second-order valence-corrected chi connectivity index (χ2v) is 4.43. The van der Waals surface area contributed by atoms with E-state index in [2.05, 4.69) is 6.58 Å². The van der Waals surface area contributed by atoms with E-state index in [1.54, 1.807) is 31.2 Å². The van der Waals surface area contributed by atoms with E-state index in [0.29, 0.717) is 16.9 Å². The number of esters is 1. The van der Waals surface area contributed by atoms with Gasteiger partial charge in [0.25, 0.3) is 0 Å². The second kappa shape index (κ2) is 5.97. The molecule has 0 aliphatic heterocycles. The van der Waals surface area contributed by atoms with Crippen molar-refractivity contribution in [2.45, 2.75) is 6.92 Å². The van der Waals surface area contributed by atoms with E-state index in [4.69, 9.17) is 4.74 Å². The highest BCUT2D eigenvalue weighted by Crippen LogP contribution is 2.23. The quantitative estimate of drug-likeness (QED) is 0.367. The summed E-state index contributed by atoms with van der Waals surface area (Å²) in [5, 5.41) is 0. The van der Waals surface area contributed by atoms with Crippen molar-refractivity contribution in [3.63, 3.8) is 0 Å². The van der Waals surface area contributed by atoms with E-state index >= 15 is 0 Å². The highest BCUT2D eigenvalue weighted by atomic mass is 16.5. The minimum absolute atomic E-state index is 0.360. The Morgan fingerprint density at radius 2 is 1.50 bits per heavy atom. The van der Waals surface area contributed by atoms with Crippen LogP contribution in [-0.4, -0.2) is 12.3 Å². The van der Waals surface area contributed by atoms with Crippen molar-refractivity contribution in [2.24, 2.45) is 0 Å². The van der Waals surface area contributed by atoms with Crippen LogP contribution in [0, 0.1) is 0 Å². The fraction of sp³-hybridized carbons (Fsp3) is 0.0588. The largest absolute Gasteiger partial charge is 0.423 e. The van der Waals surface area contributed by atoms with Gasteiger partial charge in [-0.25, -0.2) is 4.79 Å². The Hall–Kier alpha value is -2.68. The van der Waals surface area contributed by atoms with Crippen LogP contribution >= 0.6 is 0 Å². The predicted molar refractivity (Wildman–Crippen MR) is 77.7 cm³/mol. The molecule has 0 bridgehead atoms. The Bertz CT molecular complexity index is 637. The van der Waals surface area contributed by atoms with Crippen molar-refractivity contribution in [1.82, 2.24) is 0 Å². The third-order valence-electron chi connectivity index (χ3n) is 2.79. The first kappa shape index (κ1) is 13.7. The highest BCUT2D eigenvalue weighted by molar-refractivity contribution is 5.88. The summed E-state index contributed by atoms with van der Waals surface area (Å²) < 4.78 is 5.12. The summed E-state index contributed by atoms with van der Waals surface area (Å²) in [6.45, 7) is 5.13. The number of benzene rings is 2. The average Bonchev–Trinajstić information content (AvgIpc) is 2.48. The van der Waals surface area contributed by atoms with Crippen LogP contribution in [0.3, 0.4) is 0 Å². The molecule has 2 aromatic rings. The molecular weight excluding hydrogens is 252 g/mol. The van der Waals surface area contributed by atoms with Crippen LogP contribution in [0.4, 0.5) is 0 Å². The predicted octanol–water partition coefficient (Wildman–Crippen LogP) is 3.65. The zero-order valence-electron chi connectivity index (χ0n) is 11.1. The molecular formula is C17H14O3. The van der Waals surface area contributed by atoms with Gasteiger partial charge in [-0.1, -0.05) is 43.0 Å². The van der Waals surface area contributed by atoms with E-state index < -0.39 is 5.97 Å². The first-order valence-corrected chi connectivity index (χ1v) is 6.13. The third-order valence-corrected chi connectivity index (χ3v) is 2.79. The number of hydrogen-bond acceptors (Lipinski definition) is 3. The molecule has 20 heavy (non-hydrogen) atoms. The van der Waals surface area contributed by atoms with Crippen LogP contribution in [-0.2, 0) is 4.79 Å². The molecule has 0 aliphatic rings. The molecule has 0 amide bonds. The van der Waals surface area contributed by atoms with Crippen LogP contribution in [0.1, 0.15) is 17.3 Å². The van der Waals surface area contributed by atoms with Gasteiger partial charge in [0.1, 0.15) is 12.0 Å². The highest BCUT2D eigenvalue weighted by Gasteiger charge is 2.05. The van der Waals surface area contributed by atoms with E-state index in [9.17, 15) is 9.59 Å². The maximum atomic E-state index is 11.4. The molecule has 0 heterocycles. The van der Waals surface area contributed by atoms with Gasteiger partial charge in [-0.05, 0) is 30.2 Å². The summed E-state index contributed by atoms with van der Waals surface area (Å²) in [7, 11) is 0. The van der Waals surface area contributed by atoms with E-state index in [0.717, 1.165) is 17.4 Å². The lowest BCUT2D eigenvalue weighted by molar-refractivity contribution is -0.130.